The van der Waals surface area contributed by atoms with Gasteiger partial charge in [-0.2, -0.15) is 0 Å². The number of hydrogen-bond acceptors (Lipinski definition) is 4. The minimum atomic E-state index is -0.514. The SMILES string of the molecule is O=C(N[C@H]1c2ccccc2C[C@H]1O)C1CSCN1. The van der Waals surface area contributed by atoms with E-state index in [2.05, 4.69) is 10.6 Å². The van der Waals surface area contributed by atoms with Crippen LogP contribution < -0.4 is 10.6 Å². The van der Waals surface area contributed by atoms with Gasteiger partial charge in [0.25, 0.3) is 0 Å². The van der Waals surface area contributed by atoms with Crippen LogP contribution in [0.5, 0.6) is 0 Å². The van der Waals surface area contributed by atoms with Gasteiger partial charge in [0.1, 0.15) is 0 Å². The third-order valence-corrected chi connectivity index (χ3v) is 4.47. The highest BCUT2D eigenvalue weighted by molar-refractivity contribution is 7.99. The summed E-state index contributed by atoms with van der Waals surface area (Å²) >= 11 is 1.72. The first-order chi connectivity index (χ1) is 8.75. The molecule has 5 heteroatoms. The summed E-state index contributed by atoms with van der Waals surface area (Å²) in [5, 5.41) is 16.2. The molecule has 1 aromatic carbocycles. The highest BCUT2D eigenvalue weighted by Crippen LogP contribution is 2.31. The zero-order chi connectivity index (χ0) is 12.5. The highest BCUT2D eigenvalue weighted by Gasteiger charge is 2.34. The predicted molar refractivity (Wildman–Crippen MR) is 71.3 cm³/mol. The molecule has 18 heavy (non-hydrogen) atoms. The first-order valence-corrected chi connectivity index (χ1v) is 7.28. The van der Waals surface area contributed by atoms with Crippen molar-refractivity contribution in [3.63, 3.8) is 0 Å². The number of hydrogen-bond donors (Lipinski definition) is 3. The zero-order valence-electron chi connectivity index (χ0n) is 9.93. The lowest BCUT2D eigenvalue weighted by Gasteiger charge is -2.20. The monoisotopic (exact) mass is 264 g/mol. The Kier molecular flexibility index (Phi) is 3.28. The number of aliphatic hydroxyl groups is 1. The van der Waals surface area contributed by atoms with E-state index in [0.717, 1.165) is 22.8 Å². The van der Waals surface area contributed by atoms with Crippen LogP contribution in [0.25, 0.3) is 0 Å². The maximum absolute atomic E-state index is 12.1. The lowest BCUT2D eigenvalue weighted by Crippen LogP contribution is -2.45. The molecule has 0 aromatic heterocycles. The summed E-state index contributed by atoms with van der Waals surface area (Å²) < 4.78 is 0. The number of fused-ring (bicyclic) bond motifs is 1. The predicted octanol–water partition coefficient (Wildman–Crippen LogP) is 0.423. The second kappa shape index (κ2) is 4.91. The van der Waals surface area contributed by atoms with Gasteiger partial charge in [0, 0.05) is 18.1 Å². The number of thioether (sulfide) groups is 1. The van der Waals surface area contributed by atoms with E-state index in [-0.39, 0.29) is 18.0 Å². The van der Waals surface area contributed by atoms with Crippen molar-refractivity contribution in [1.29, 1.82) is 0 Å². The number of carbonyl (C=O) groups excluding carboxylic acids is 1. The molecule has 1 heterocycles. The molecule has 4 nitrogen and oxygen atoms in total. The van der Waals surface area contributed by atoms with Gasteiger partial charge >= 0.3 is 0 Å². The van der Waals surface area contributed by atoms with Gasteiger partial charge in [0.15, 0.2) is 0 Å². The third kappa shape index (κ3) is 2.13. The van der Waals surface area contributed by atoms with Crippen molar-refractivity contribution in [2.75, 3.05) is 11.6 Å². The van der Waals surface area contributed by atoms with Crippen molar-refractivity contribution in [1.82, 2.24) is 10.6 Å². The summed E-state index contributed by atoms with van der Waals surface area (Å²) in [6.07, 6.45) is 0.106. The van der Waals surface area contributed by atoms with Gasteiger partial charge in [-0.25, -0.2) is 0 Å². The standard InChI is InChI=1S/C13H16N2O2S/c16-11-5-8-3-1-2-4-9(8)12(11)15-13(17)10-6-18-7-14-10/h1-4,10-12,14,16H,5-7H2,(H,15,17)/t10?,11-,12+/m1/s1. The molecule has 1 aliphatic carbocycles. The van der Waals surface area contributed by atoms with E-state index in [0.29, 0.717) is 6.42 Å². The smallest absolute Gasteiger partial charge is 0.238 e. The van der Waals surface area contributed by atoms with E-state index >= 15 is 0 Å². The average Bonchev–Trinajstić information content (AvgIpc) is 2.98. The first kappa shape index (κ1) is 12.0. The van der Waals surface area contributed by atoms with Gasteiger partial charge < -0.3 is 10.4 Å². The second-order valence-corrected chi connectivity index (χ2v) is 5.76. The third-order valence-electron chi connectivity index (χ3n) is 3.53. The zero-order valence-corrected chi connectivity index (χ0v) is 10.7. The van der Waals surface area contributed by atoms with Gasteiger partial charge in [0.05, 0.1) is 18.2 Å². The van der Waals surface area contributed by atoms with Gasteiger partial charge in [-0.15, -0.1) is 11.8 Å². The van der Waals surface area contributed by atoms with Crippen molar-refractivity contribution >= 4 is 17.7 Å². The molecule has 1 unspecified atom stereocenters. The van der Waals surface area contributed by atoms with Crippen molar-refractivity contribution < 1.29 is 9.90 Å². The Morgan fingerprint density at radius 2 is 2.28 bits per heavy atom. The molecule has 0 saturated carbocycles. The molecule has 1 saturated heterocycles. The summed E-state index contributed by atoms with van der Waals surface area (Å²) in [6.45, 7) is 0. The summed E-state index contributed by atoms with van der Waals surface area (Å²) in [5.41, 5.74) is 2.17. The molecule has 3 atom stereocenters. The molecule has 1 fully saturated rings. The lowest BCUT2D eigenvalue weighted by molar-refractivity contribution is -0.123. The Morgan fingerprint density at radius 1 is 1.44 bits per heavy atom. The quantitative estimate of drug-likeness (QED) is 0.725. The van der Waals surface area contributed by atoms with Crippen LogP contribution in [0.15, 0.2) is 24.3 Å². The Balaban J connectivity index is 1.74. The molecule has 2 aliphatic rings. The fraction of sp³-hybridized carbons (Fsp3) is 0.462. The van der Waals surface area contributed by atoms with Gasteiger partial charge in [-0.1, -0.05) is 24.3 Å². The van der Waals surface area contributed by atoms with Crippen LogP contribution in [0.3, 0.4) is 0 Å². The number of benzene rings is 1. The fourth-order valence-corrected chi connectivity index (χ4v) is 3.51. The highest BCUT2D eigenvalue weighted by atomic mass is 32.2. The molecule has 1 aliphatic heterocycles. The molecule has 0 radical (unpaired) electrons. The number of rotatable bonds is 2. The second-order valence-electron chi connectivity index (χ2n) is 4.73. The topological polar surface area (TPSA) is 61.4 Å². The van der Waals surface area contributed by atoms with Crippen LogP contribution in [-0.4, -0.2) is 34.8 Å². The summed E-state index contributed by atoms with van der Waals surface area (Å²) in [6, 6.07) is 7.50. The maximum atomic E-state index is 12.1. The van der Waals surface area contributed by atoms with Crippen molar-refractivity contribution in [3.05, 3.63) is 35.4 Å². The molecule has 96 valence electrons. The normalized spacial score (nSPS) is 30.2. The van der Waals surface area contributed by atoms with Crippen molar-refractivity contribution in [2.24, 2.45) is 0 Å². The molecule has 1 amide bonds. The van der Waals surface area contributed by atoms with E-state index < -0.39 is 6.10 Å². The van der Waals surface area contributed by atoms with Crippen LogP contribution >= 0.6 is 11.8 Å². The summed E-state index contributed by atoms with van der Waals surface area (Å²) in [7, 11) is 0. The first-order valence-electron chi connectivity index (χ1n) is 6.13. The number of amides is 1. The van der Waals surface area contributed by atoms with Crippen molar-refractivity contribution in [2.45, 2.75) is 24.6 Å². The molecule has 0 spiro atoms. The Hall–Kier alpha value is -1.04. The van der Waals surface area contributed by atoms with E-state index in [4.69, 9.17) is 0 Å². The molecular weight excluding hydrogens is 248 g/mol. The van der Waals surface area contributed by atoms with Gasteiger partial charge in [-0.05, 0) is 11.1 Å². The van der Waals surface area contributed by atoms with Crippen molar-refractivity contribution in [3.8, 4) is 0 Å². The molecule has 3 rings (SSSR count). The van der Waals surface area contributed by atoms with Crippen LogP contribution in [0.2, 0.25) is 0 Å². The summed E-state index contributed by atoms with van der Waals surface area (Å²) in [5.74, 6) is 1.61. The number of carbonyl (C=O) groups is 1. The number of nitrogens with one attached hydrogen (secondary N) is 2. The Bertz CT molecular complexity index is 460. The van der Waals surface area contributed by atoms with E-state index in [1.165, 1.54) is 0 Å². The Labute approximate surface area is 110 Å². The number of aliphatic hydroxyl groups excluding tert-OH is 1. The fourth-order valence-electron chi connectivity index (χ4n) is 2.57. The molecular formula is C13H16N2O2S. The maximum Gasteiger partial charge on any atom is 0.238 e. The van der Waals surface area contributed by atoms with Gasteiger partial charge in [0.2, 0.25) is 5.91 Å². The minimum absolute atomic E-state index is 0.0132. The molecule has 3 N–H and O–H groups in total. The minimum Gasteiger partial charge on any atom is -0.390 e. The molecule has 0 bridgehead atoms. The Morgan fingerprint density at radius 3 is 3.06 bits per heavy atom. The van der Waals surface area contributed by atoms with E-state index in [9.17, 15) is 9.90 Å². The van der Waals surface area contributed by atoms with Gasteiger partial charge in [-0.3, -0.25) is 10.1 Å². The largest absolute Gasteiger partial charge is 0.390 e. The summed E-state index contributed by atoms with van der Waals surface area (Å²) in [4.78, 5) is 12.1. The van der Waals surface area contributed by atoms with E-state index in [1.54, 1.807) is 11.8 Å². The van der Waals surface area contributed by atoms with E-state index in [1.807, 2.05) is 24.3 Å². The lowest BCUT2D eigenvalue weighted by atomic mass is 10.1. The van der Waals surface area contributed by atoms with Crippen LogP contribution in [-0.2, 0) is 11.2 Å². The molecule has 1 aromatic rings. The van der Waals surface area contributed by atoms with Crippen LogP contribution in [0.1, 0.15) is 17.2 Å². The van der Waals surface area contributed by atoms with Crippen LogP contribution in [0.4, 0.5) is 0 Å². The van der Waals surface area contributed by atoms with Crippen LogP contribution in [0, 0.1) is 0 Å². The average molecular weight is 264 g/mol.